The molecule has 1 atom stereocenters. The van der Waals surface area contributed by atoms with E-state index in [4.69, 9.17) is 9.15 Å². The van der Waals surface area contributed by atoms with Gasteiger partial charge in [0.15, 0.2) is 5.76 Å². The van der Waals surface area contributed by atoms with Crippen LogP contribution in [0.25, 0.3) is 11.3 Å². The van der Waals surface area contributed by atoms with Crippen molar-refractivity contribution in [1.29, 1.82) is 0 Å². The highest BCUT2D eigenvalue weighted by Crippen LogP contribution is 2.31. The van der Waals surface area contributed by atoms with Crippen molar-refractivity contribution in [3.05, 3.63) is 72.2 Å². The maximum absolute atomic E-state index is 6.01. The number of nitrogens with one attached hydrogen (secondary N) is 1. The molecule has 7 heteroatoms. The fourth-order valence-corrected chi connectivity index (χ4v) is 3.48. The van der Waals surface area contributed by atoms with Gasteiger partial charge in [-0.05, 0) is 6.07 Å². The molecule has 1 unspecified atom stereocenters. The van der Waals surface area contributed by atoms with Crippen LogP contribution >= 0.6 is 24.8 Å². The molecule has 0 bridgehead atoms. The number of para-hydroxylation sites is 1. The molecule has 2 heterocycles. The summed E-state index contributed by atoms with van der Waals surface area (Å²) in [5.41, 5.74) is 2.24. The van der Waals surface area contributed by atoms with E-state index in [0.717, 1.165) is 42.6 Å². The molecule has 28 heavy (non-hydrogen) atoms. The van der Waals surface area contributed by atoms with Crippen molar-refractivity contribution in [2.75, 3.05) is 26.7 Å². The van der Waals surface area contributed by atoms with Gasteiger partial charge in [-0.3, -0.25) is 4.90 Å². The summed E-state index contributed by atoms with van der Waals surface area (Å²) >= 11 is 0. The summed E-state index contributed by atoms with van der Waals surface area (Å²) in [7, 11) is 1.72. The molecule has 1 saturated heterocycles. The zero-order chi connectivity index (χ0) is 17.8. The van der Waals surface area contributed by atoms with Gasteiger partial charge in [0, 0.05) is 30.8 Å². The number of oxazole rings is 1. The van der Waals surface area contributed by atoms with Crippen LogP contribution in [0.3, 0.4) is 0 Å². The van der Waals surface area contributed by atoms with E-state index < -0.39 is 0 Å². The second-order valence-corrected chi connectivity index (χ2v) is 6.42. The van der Waals surface area contributed by atoms with E-state index in [0.29, 0.717) is 6.54 Å². The Labute approximate surface area is 177 Å². The lowest BCUT2D eigenvalue weighted by Gasteiger charge is -2.36. The first-order valence-corrected chi connectivity index (χ1v) is 8.93. The Morgan fingerprint density at radius 2 is 1.86 bits per heavy atom. The molecule has 0 amide bonds. The van der Waals surface area contributed by atoms with Crippen molar-refractivity contribution < 1.29 is 9.15 Å². The Bertz CT molecular complexity index is 858. The minimum absolute atomic E-state index is 0. The van der Waals surface area contributed by atoms with Crippen LogP contribution in [0, 0.1) is 0 Å². The molecule has 1 fully saturated rings. The first kappa shape index (κ1) is 22.2. The Kier molecular flexibility index (Phi) is 8.33. The van der Waals surface area contributed by atoms with Crippen LogP contribution in [0.4, 0.5) is 0 Å². The van der Waals surface area contributed by atoms with Gasteiger partial charge in [0.25, 0.3) is 0 Å². The highest BCUT2D eigenvalue weighted by molar-refractivity contribution is 5.85. The molecule has 2 aromatic carbocycles. The van der Waals surface area contributed by atoms with Crippen molar-refractivity contribution in [1.82, 2.24) is 15.2 Å². The summed E-state index contributed by atoms with van der Waals surface area (Å²) in [6, 6.07) is 18.5. The topological polar surface area (TPSA) is 50.5 Å². The normalized spacial score (nSPS) is 16.7. The van der Waals surface area contributed by atoms with Gasteiger partial charge < -0.3 is 14.5 Å². The number of hydrogen-bond donors (Lipinski definition) is 1. The van der Waals surface area contributed by atoms with Crippen molar-refractivity contribution in [2.24, 2.45) is 0 Å². The molecule has 0 saturated carbocycles. The zero-order valence-corrected chi connectivity index (χ0v) is 17.3. The molecule has 3 aromatic rings. The number of nitrogens with zero attached hydrogens (tertiary/aromatic N) is 2. The van der Waals surface area contributed by atoms with E-state index in [1.165, 1.54) is 5.56 Å². The quantitative estimate of drug-likeness (QED) is 0.663. The van der Waals surface area contributed by atoms with Crippen LogP contribution < -0.4 is 10.1 Å². The summed E-state index contributed by atoms with van der Waals surface area (Å²) in [6.07, 6.45) is 1.81. The number of rotatable bonds is 5. The maximum atomic E-state index is 6.01. The summed E-state index contributed by atoms with van der Waals surface area (Å²) in [5, 5.41) is 3.48. The summed E-state index contributed by atoms with van der Waals surface area (Å²) < 4.78 is 11.6. The molecule has 4 rings (SSSR count). The molecule has 150 valence electrons. The Morgan fingerprint density at radius 1 is 1.11 bits per heavy atom. The van der Waals surface area contributed by atoms with Gasteiger partial charge in [-0.1, -0.05) is 48.5 Å². The number of hydrogen-bond acceptors (Lipinski definition) is 5. The van der Waals surface area contributed by atoms with Crippen LogP contribution in [0.2, 0.25) is 0 Å². The van der Waals surface area contributed by atoms with E-state index in [2.05, 4.69) is 27.3 Å². The Hall–Kier alpha value is -2.05. The number of aromatic nitrogens is 1. The second kappa shape index (κ2) is 10.5. The van der Waals surface area contributed by atoms with Gasteiger partial charge >= 0.3 is 0 Å². The average molecular weight is 422 g/mol. The van der Waals surface area contributed by atoms with E-state index in [1.54, 1.807) is 7.11 Å². The van der Waals surface area contributed by atoms with Gasteiger partial charge in [0.1, 0.15) is 5.75 Å². The van der Waals surface area contributed by atoms with Crippen molar-refractivity contribution in [3.8, 4) is 17.1 Å². The van der Waals surface area contributed by atoms with Gasteiger partial charge in [-0.25, -0.2) is 4.98 Å². The molecule has 5 nitrogen and oxygen atoms in total. The summed E-state index contributed by atoms with van der Waals surface area (Å²) in [4.78, 5) is 6.90. The third-order valence-electron chi connectivity index (χ3n) is 4.80. The lowest BCUT2D eigenvalue weighted by Crippen LogP contribution is -2.45. The third-order valence-corrected chi connectivity index (χ3v) is 4.80. The average Bonchev–Trinajstić information content (AvgIpc) is 3.18. The summed E-state index contributed by atoms with van der Waals surface area (Å²) in [5.74, 6) is 2.47. The molecule has 0 aliphatic carbocycles. The smallest absolute Gasteiger partial charge is 0.209 e. The number of ether oxygens (including phenoxy) is 1. The Morgan fingerprint density at radius 3 is 2.64 bits per heavy atom. The standard InChI is InChI=1S/C21H23N3O2.2ClH/c1-25-19-10-6-5-9-17(19)18-13-22-11-12-24(18)15-21-23-14-20(26-21)16-7-3-2-4-8-16;;/h2-10,14,18,22H,11-13,15H2,1H3;2*1H. The third kappa shape index (κ3) is 4.86. The molecule has 1 aliphatic heterocycles. The van der Waals surface area contributed by atoms with Gasteiger partial charge in [-0.2, -0.15) is 0 Å². The SMILES string of the molecule is COc1ccccc1C1CNCCN1Cc1ncc(-c2ccccc2)o1.Cl.Cl. The van der Waals surface area contributed by atoms with E-state index >= 15 is 0 Å². The minimum atomic E-state index is 0. The predicted molar refractivity (Wildman–Crippen MR) is 115 cm³/mol. The zero-order valence-electron chi connectivity index (χ0n) is 15.7. The fraction of sp³-hybridized carbons (Fsp3) is 0.286. The highest BCUT2D eigenvalue weighted by atomic mass is 35.5. The van der Waals surface area contributed by atoms with Crippen LogP contribution in [-0.2, 0) is 6.54 Å². The van der Waals surface area contributed by atoms with E-state index in [1.807, 2.05) is 48.7 Å². The van der Waals surface area contributed by atoms with Gasteiger partial charge in [-0.15, -0.1) is 24.8 Å². The monoisotopic (exact) mass is 421 g/mol. The van der Waals surface area contributed by atoms with Gasteiger partial charge in [0.05, 0.1) is 25.9 Å². The van der Waals surface area contributed by atoms with Crippen molar-refractivity contribution in [2.45, 2.75) is 12.6 Å². The molecular weight excluding hydrogens is 397 g/mol. The van der Waals surface area contributed by atoms with Gasteiger partial charge in [0.2, 0.25) is 5.89 Å². The molecule has 0 radical (unpaired) electrons. The highest BCUT2D eigenvalue weighted by Gasteiger charge is 2.27. The molecule has 1 aliphatic rings. The van der Waals surface area contributed by atoms with Crippen LogP contribution in [0.5, 0.6) is 5.75 Å². The van der Waals surface area contributed by atoms with Crippen LogP contribution in [0.15, 0.2) is 65.2 Å². The second-order valence-electron chi connectivity index (χ2n) is 6.42. The first-order valence-electron chi connectivity index (χ1n) is 8.93. The number of methoxy groups -OCH3 is 1. The fourth-order valence-electron chi connectivity index (χ4n) is 3.48. The maximum Gasteiger partial charge on any atom is 0.209 e. The van der Waals surface area contributed by atoms with E-state index in [9.17, 15) is 0 Å². The predicted octanol–water partition coefficient (Wildman–Crippen LogP) is 4.34. The number of benzene rings is 2. The molecule has 1 N–H and O–H groups in total. The molecule has 0 spiro atoms. The first-order chi connectivity index (χ1) is 12.8. The molecule has 1 aromatic heterocycles. The lowest BCUT2D eigenvalue weighted by atomic mass is 10.0. The van der Waals surface area contributed by atoms with Crippen molar-refractivity contribution >= 4 is 24.8 Å². The lowest BCUT2D eigenvalue weighted by molar-refractivity contribution is 0.138. The van der Waals surface area contributed by atoms with Crippen LogP contribution in [0.1, 0.15) is 17.5 Å². The minimum Gasteiger partial charge on any atom is -0.496 e. The van der Waals surface area contributed by atoms with Crippen LogP contribution in [-0.4, -0.2) is 36.6 Å². The van der Waals surface area contributed by atoms with Crippen molar-refractivity contribution in [3.63, 3.8) is 0 Å². The largest absolute Gasteiger partial charge is 0.496 e. The van der Waals surface area contributed by atoms with E-state index in [-0.39, 0.29) is 30.9 Å². The summed E-state index contributed by atoms with van der Waals surface area (Å²) in [6.45, 7) is 3.45. The Balaban J connectivity index is 0.00000140. The molecular formula is C21H25Cl2N3O2. The number of halogens is 2. The number of piperazine rings is 1.